The summed E-state index contributed by atoms with van der Waals surface area (Å²) in [6.07, 6.45) is 5.18. The molecule has 1 aliphatic rings. The van der Waals surface area contributed by atoms with Crippen LogP contribution in [0.5, 0.6) is 0 Å². The van der Waals surface area contributed by atoms with Gasteiger partial charge in [-0.2, -0.15) is 4.98 Å². The molecule has 0 spiro atoms. The van der Waals surface area contributed by atoms with Crippen LogP contribution in [0.3, 0.4) is 0 Å². The number of benzene rings is 1. The van der Waals surface area contributed by atoms with Crippen molar-refractivity contribution in [1.29, 1.82) is 0 Å². The molecular weight excluding hydrogens is 314 g/mol. The predicted octanol–water partition coefficient (Wildman–Crippen LogP) is 4.44. The lowest BCUT2D eigenvalue weighted by molar-refractivity contribution is -0.126. The number of carbonyl (C=O) groups excluding carboxylic acids is 1. The van der Waals surface area contributed by atoms with Crippen molar-refractivity contribution in [2.75, 3.05) is 0 Å². The number of nitrogens with zero attached hydrogens (tertiary/aromatic N) is 2. The number of hydrogen-bond donors (Lipinski definition) is 1. The standard InChI is InChI=1S/C20H27N3O2/c1-4-14(3)17(21-19(24)15-9-5-6-10-15)20-22-18(23-25-20)16-11-7-8-13(2)12-16/h7-8,11-12,14-15,17H,4-6,9-10H2,1-3H3,(H,21,24)/t14-,17-/m0/s1. The highest BCUT2D eigenvalue weighted by atomic mass is 16.5. The van der Waals surface area contributed by atoms with Crippen LogP contribution in [-0.4, -0.2) is 16.0 Å². The Bertz CT molecular complexity index is 719. The average molecular weight is 341 g/mol. The molecule has 0 aliphatic heterocycles. The van der Waals surface area contributed by atoms with Crippen molar-refractivity contribution in [2.24, 2.45) is 11.8 Å². The van der Waals surface area contributed by atoms with Crippen LogP contribution in [0.15, 0.2) is 28.8 Å². The Balaban J connectivity index is 1.80. The first-order valence-corrected chi connectivity index (χ1v) is 9.29. The lowest BCUT2D eigenvalue weighted by Gasteiger charge is -2.22. The van der Waals surface area contributed by atoms with E-state index in [9.17, 15) is 4.79 Å². The van der Waals surface area contributed by atoms with Gasteiger partial charge in [0.15, 0.2) is 0 Å². The van der Waals surface area contributed by atoms with E-state index in [4.69, 9.17) is 4.52 Å². The normalized spacial score (nSPS) is 17.4. The summed E-state index contributed by atoms with van der Waals surface area (Å²) in [6.45, 7) is 6.25. The molecule has 0 radical (unpaired) electrons. The minimum Gasteiger partial charge on any atom is -0.344 e. The molecule has 1 heterocycles. The zero-order valence-electron chi connectivity index (χ0n) is 15.3. The molecule has 0 bridgehead atoms. The summed E-state index contributed by atoms with van der Waals surface area (Å²) in [5.41, 5.74) is 2.08. The highest BCUT2D eigenvalue weighted by molar-refractivity contribution is 5.79. The third-order valence-corrected chi connectivity index (χ3v) is 5.22. The molecule has 5 heteroatoms. The van der Waals surface area contributed by atoms with Gasteiger partial charge < -0.3 is 9.84 Å². The quantitative estimate of drug-likeness (QED) is 0.843. The molecule has 1 amide bonds. The van der Waals surface area contributed by atoms with Gasteiger partial charge in [-0.25, -0.2) is 0 Å². The fourth-order valence-electron chi connectivity index (χ4n) is 3.41. The fraction of sp³-hybridized carbons (Fsp3) is 0.550. The zero-order chi connectivity index (χ0) is 17.8. The van der Waals surface area contributed by atoms with Crippen molar-refractivity contribution < 1.29 is 9.32 Å². The minimum absolute atomic E-state index is 0.123. The van der Waals surface area contributed by atoms with Crippen molar-refractivity contribution in [3.05, 3.63) is 35.7 Å². The van der Waals surface area contributed by atoms with E-state index in [1.165, 1.54) is 0 Å². The van der Waals surface area contributed by atoms with Crippen LogP contribution >= 0.6 is 0 Å². The highest BCUT2D eigenvalue weighted by Crippen LogP contribution is 2.29. The Kier molecular flexibility index (Phi) is 5.51. The van der Waals surface area contributed by atoms with E-state index in [1.54, 1.807) is 0 Å². The summed E-state index contributed by atoms with van der Waals surface area (Å²) < 4.78 is 5.53. The summed E-state index contributed by atoms with van der Waals surface area (Å²) >= 11 is 0. The number of rotatable bonds is 6. The van der Waals surface area contributed by atoms with Crippen LogP contribution < -0.4 is 5.32 Å². The zero-order valence-corrected chi connectivity index (χ0v) is 15.3. The summed E-state index contributed by atoms with van der Waals surface area (Å²) in [4.78, 5) is 17.1. The van der Waals surface area contributed by atoms with E-state index >= 15 is 0 Å². The molecule has 1 aromatic heterocycles. The van der Waals surface area contributed by atoms with Crippen LogP contribution in [-0.2, 0) is 4.79 Å². The van der Waals surface area contributed by atoms with E-state index in [1.807, 2.05) is 31.2 Å². The summed E-state index contributed by atoms with van der Waals surface area (Å²) in [6, 6.07) is 7.79. The number of nitrogens with one attached hydrogen (secondary N) is 1. The van der Waals surface area contributed by atoms with E-state index < -0.39 is 0 Å². The van der Waals surface area contributed by atoms with Gasteiger partial charge in [0, 0.05) is 11.5 Å². The second-order valence-corrected chi connectivity index (χ2v) is 7.18. The molecule has 0 saturated heterocycles. The first kappa shape index (κ1) is 17.6. The first-order valence-electron chi connectivity index (χ1n) is 9.29. The molecule has 25 heavy (non-hydrogen) atoms. The Hall–Kier alpha value is -2.17. The maximum Gasteiger partial charge on any atom is 0.249 e. The van der Waals surface area contributed by atoms with Crippen molar-refractivity contribution in [2.45, 2.75) is 58.9 Å². The molecule has 1 aromatic carbocycles. The number of aromatic nitrogens is 2. The molecule has 1 saturated carbocycles. The largest absolute Gasteiger partial charge is 0.344 e. The molecule has 1 fully saturated rings. The second kappa shape index (κ2) is 7.81. The Morgan fingerprint density at radius 2 is 2.12 bits per heavy atom. The molecule has 2 aromatic rings. The van der Waals surface area contributed by atoms with Gasteiger partial charge in [-0.3, -0.25) is 4.79 Å². The van der Waals surface area contributed by atoms with Gasteiger partial charge in [-0.15, -0.1) is 0 Å². The maximum atomic E-state index is 12.6. The Morgan fingerprint density at radius 1 is 1.36 bits per heavy atom. The molecule has 0 unspecified atom stereocenters. The number of aryl methyl sites for hydroxylation is 1. The Morgan fingerprint density at radius 3 is 2.80 bits per heavy atom. The van der Waals surface area contributed by atoms with Crippen molar-refractivity contribution >= 4 is 5.91 Å². The molecule has 1 aliphatic carbocycles. The van der Waals surface area contributed by atoms with Gasteiger partial charge in [-0.1, -0.05) is 62.0 Å². The van der Waals surface area contributed by atoms with Gasteiger partial charge in [0.25, 0.3) is 0 Å². The third-order valence-electron chi connectivity index (χ3n) is 5.22. The van der Waals surface area contributed by atoms with Gasteiger partial charge in [-0.05, 0) is 31.7 Å². The van der Waals surface area contributed by atoms with Gasteiger partial charge in [0.1, 0.15) is 6.04 Å². The third kappa shape index (κ3) is 4.09. The van der Waals surface area contributed by atoms with Gasteiger partial charge in [0.2, 0.25) is 17.6 Å². The SMILES string of the molecule is CC[C@H](C)[C@H](NC(=O)C1CCCC1)c1nc(-c2cccc(C)c2)no1. The molecule has 1 N–H and O–H groups in total. The van der Waals surface area contributed by atoms with E-state index in [0.29, 0.717) is 11.7 Å². The van der Waals surface area contributed by atoms with E-state index in [0.717, 1.165) is 43.2 Å². The Labute approximate surface area is 149 Å². The van der Waals surface area contributed by atoms with Crippen molar-refractivity contribution in [3.8, 4) is 11.4 Å². The summed E-state index contributed by atoms with van der Waals surface area (Å²) in [5, 5.41) is 7.30. The van der Waals surface area contributed by atoms with Crippen LogP contribution in [0.25, 0.3) is 11.4 Å². The van der Waals surface area contributed by atoms with Crippen LogP contribution in [0.2, 0.25) is 0 Å². The van der Waals surface area contributed by atoms with E-state index in [2.05, 4.69) is 29.3 Å². The molecular formula is C20H27N3O2. The van der Waals surface area contributed by atoms with Crippen LogP contribution in [0.4, 0.5) is 0 Å². The number of hydrogen-bond acceptors (Lipinski definition) is 4. The number of amides is 1. The van der Waals surface area contributed by atoms with E-state index in [-0.39, 0.29) is 23.8 Å². The number of carbonyl (C=O) groups is 1. The summed E-state index contributed by atoms with van der Waals surface area (Å²) in [5.74, 6) is 1.55. The second-order valence-electron chi connectivity index (χ2n) is 7.18. The maximum absolute atomic E-state index is 12.6. The van der Waals surface area contributed by atoms with Crippen molar-refractivity contribution in [1.82, 2.24) is 15.5 Å². The smallest absolute Gasteiger partial charge is 0.249 e. The molecule has 3 rings (SSSR count). The van der Waals surface area contributed by atoms with Gasteiger partial charge >= 0.3 is 0 Å². The lowest BCUT2D eigenvalue weighted by Crippen LogP contribution is -2.36. The fourth-order valence-corrected chi connectivity index (χ4v) is 3.41. The highest BCUT2D eigenvalue weighted by Gasteiger charge is 2.30. The molecule has 134 valence electrons. The summed E-state index contributed by atoms with van der Waals surface area (Å²) in [7, 11) is 0. The predicted molar refractivity (Wildman–Crippen MR) is 96.8 cm³/mol. The van der Waals surface area contributed by atoms with Crippen LogP contribution in [0.1, 0.15) is 63.4 Å². The first-order chi connectivity index (χ1) is 12.1. The van der Waals surface area contributed by atoms with Crippen molar-refractivity contribution in [3.63, 3.8) is 0 Å². The van der Waals surface area contributed by atoms with Gasteiger partial charge in [0.05, 0.1) is 0 Å². The monoisotopic (exact) mass is 341 g/mol. The lowest BCUT2D eigenvalue weighted by atomic mass is 9.97. The molecule has 5 nitrogen and oxygen atoms in total. The minimum atomic E-state index is -0.232. The average Bonchev–Trinajstić information content (AvgIpc) is 3.30. The van der Waals surface area contributed by atoms with Crippen LogP contribution in [0, 0.1) is 18.8 Å². The molecule has 2 atom stereocenters. The topological polar surface area (TPSA) is 68.0 Å².